The number of benzene rings is 1. The van der Waals surface area contributed by atoms with Gasteiger partial charge in [-0.1, -0.05) is 12.1 Å². The van der Waals surface area contributed by atoms with Gasteiger partial charge in [0.2, 0.25) is 0 Å². The average Bonchev–Trinajstić information content (AvgIpc) is 2.98. The van der Waals surface area contributed by atoms with Crippen LogP contribution in [0.4, 0.5) is 0 Å². The number of hydrogen-bond acceptors (Lipinski definition) is 4. The molecule has 0 aliphatic carbocycles. The molecule has 2 aliphatic heterocycles. The van der Waals surface area contributed by atoms with Crippen molar-refractivity contribution in [1.29, 1.82) is 0 Å². The monoisotopic (exact) mass is 342 g/mol. The van der Waals surface area contributed by atoms with Crippen molar-refractivity contribution in [2.24, 2.45) is 13.0 Å². The number of nitrogens with zero attached hydrogens (tertiary/aromatic N) is 3. The molecule has 1 aromatic heterocycles. The lowest BCUT2D eigenvalue weighted by molar-refractivity contribution is 0.0175. The highest BCUT2D eigenvalue weighted by Crippen LogP contribution is 2.25. The Balaban J connectivity index is 1.26. The first kappa shape index (κ1) is 17.0. The lowest BCUT2D eigenvalue weighted by Crippen LogP contribution is -2.39. The van der Waals surface area contributed by atoms with E-state index >= 15 is 0 Å². The Kier molecular flexibility index (Phi) is 5.34. The third kappa shape index (κ3) is 4.05. The summed E-state index contributed by atoms with van der Waals surface area (Å²) in [5.74, 6) is 2.04. The number of morpholine rings is 1. The van der Waals surface area contributed by atoms with E-state index in [9.17, 15) is 0 Å². The van der Waals surface area contributed by atoms with Crippen LogP contribution in [0.2, 0.25) is 0 Å². The summed E-state index contributed by atoms with van der Waals surface area (Å²) >= 11 is 0. The van der Waals surface area contributed by atoms with Crippen LogP contribution < -0.4 is 5.32 Å². The van der Waals surface area contributed by atoms with Gasteiger partial charge in [0.25, 0.3) is 0 Å². The molecule has 4 rings (SSSR count). The number of rotatable bonds is 5. The highest BCUT2D eigenvalue weighted by atomic mass is 16.5. The number of ether oxygens (including phenoxy) is 1. The molecule has 25 heavy (non-hydrogen) atoms. The van der Waals surface area contributed by atoms with Crippen molar-refractivity contribution >= 4 is 11.0 Å². The van der Waals surface area contributed by atoms with E-state index in [4.69, 9.17) is 9.72 Å². The normalized spacial score (nSPS) is 23.3. The van der Waals surface area contributed by atoms with E-state index in [0.29, 0.717) is 6.10 Å². The summed E-state index contributed by atoms with van der Waals surface area (Å²) < 4.78 is 8.07. The first-order chi connectivity index (χ1) is 12.3. The zero-order valence-electron chi connectivity index (χ0n) is 15.3. The second-order valence-corrected chi connectivity index (χ2v) is 7.57. The first-order valence-electron chi connectivity index (χ1n) is 9.74. The second-order valence-electron chi connectivity index (χ2n) is 7.57. The minimum atomic E-state index is 0.437. The maximum atomic E-state index is 5.83. The molecular weight excluding hydrogens is 312 g/mol. The van der Waals surface area contributed by atoms with Gasteiger partial charge in [0, 0.05) is 20.1 Å². The molecule has 0 bridgehead atoms. The van der Waals surface area contributed by atoms with Crippen LogP contribution in [0.5, 0.6) is 0 Å². The Morgan fingerprint density at radius 3 is 2.80 bits per heavy atom. The topological polar surface area (TPSA) is 42.3 Å². The van der Waals surface area contributed by atoms with E-state index in [1.54, 1.807) is 0 Å². The van der Waals surface area contributed by atoms with Gasteiger partial charge in [0.15, 0.2) is 0 Å². The number of aromatic nitrogens is 2. The fourth-order valence-corrected chi connectivity index (χ4v) is 4.20. The molecule has 3 heterocycles. The van der Waals surface area contributed by atoms with E-state index in [1.165, 1.54) is 50.1 Å². The van der Waals surface area contributed by atoms with Gasteiger partial charge in [-0.05, 0) is 56.8 Å². The number of likely N-dealkylation sites (tertiary alicyclic amines) is 1. The SMILES string of the molecule is Cn1c(CN2CCC(CCC3CNCCO3)CC2)nc2ccccc21. The van der Waals surface area contributed by atoms with Crippen LogP contribution in [0.15, 0.2) is 24.3 Å². The number of hydrogen-bond donors (Lipinski definition) is 1. The van der Waals surface area contributed by atoms with Crippen LogP contribution >= 0.6 is 0 Å². The number of para-hydroxylation sites is 2. The van der Waals surface area contributed by atoms with Crippen LogP contribution in [0.3, 0.4) is 0 Å². The molecule has 2 saturated heterocycles. The van der Waals surface area contributed by atoms with Gasteiger partial charge in [-0.25, -0.2) is 4.98 Å². The Morgan fingerprint density at radius 2 is 2.04 bits per heavy atom. The van der Waals surface area contributed by atoms with Crippen molar-refractivity contribution in [2.75, 3.05) is 32.8 Å². The van der Waals surface area contributed by atoms with E-state index in [0.717, 1.165) is 37.7 Å². The molecule has 0 saturated carbocycles. The molecule has 0 radical (unpaired) electrons. The van der Waals surface area contributed by atoms with Gasteiger partial charge in [0.05, 0.1) is 30.3 Å². The summed E-state index contributed by atoms with van der Waals surface area (Å²) in [6, 6.07) is 8.41. The fraction of sp³-hybridized carbons (Fsp3) is 0.650. The van der Waals surface area contributed by atoms with Crippen LogP contribution in [0, 0.1) is 5.92 Å². The summed E-state index contributed by atoms with van der Waals surface area (Å²) in [5, 5.41) is 3.43. The minimum Gasteiger partial charge on any atom is -0.376 e. The number of imidazole rings is 1. The van der Waals surface area contributed by atoms with Crippen LogP contribution in [-0.4, -0.2) is 53.3 Å². The summed E-state index contributed by atoms with van der Waals surface area (Å²) in [5.41, 5.74) is 2.34. The number of nitrogens with one attached hydrogen (secondary N) is 1. The lowest BCUT2D eigenvalue weighted by Gasteiger charge is -2.32. The molecule has 1 N–H and O–H groups in total. The smallest absolute Gasteiger partial charge is 0.123 e. The molecule has 2 aromatic rings. The maximum absolute atomic E-state index is 5.83. The molecule has 2 aliphatic rings. The Morgan fingerprint density at radius 1 is 1.20 bits per heavy atom. The van der Waals surface area contributed by atoms with Crippen LogP contribution in [0.25, 0.3) is 11.0 Å². The number of fused-ring (bicyclic) bond motifs is 1. The first-order valence-corrected chi connectivity index (χ1v) is 9.74. The highest BCUT2D eigenvalue weighted by Gasteiger charge is 2.22. The quantitative estimate of drug-likeness (QED) is 0.907. The van der Waals surface area contributed by atoms with Gasteiger partial charge >= 0.3 is 0 Å². The largest absolute Gasteiger partial charge is 0.376 e. The summed E-state index contributed by atoms with van der Waals surface area (Å²) in [7, 11) is 2.13. The molecule has 5 nitrogen and oxygen atoms in total. The van der Waals surface area contributed by atoms with Gasteiger partial charge in [-0.15, -0.1) is 0 Å². The predicted octanol–water partition coefficient (Wildman–Crippen LogP) is 2.55. The van der Waals surface area contributed by atoms with Gasteiger partial charge in [0.1, 0.15) is 5.82 Å². The highest BCUT2D eigenvalue weighted by molar-refractivity contribution is 5.75. The maximum Gasteiger partial charge on any atom is 0.123 e. The van der Waals surface area contributed by atoms with Crippen molar-refractivity contribution in [1.82, 2.24) is 19.8 Å². The Bertz CT molecular complexity index is 684. The Labute approximate surface area is 150 Å². The average molecular weight is 342 g/mol. The standard InChI is InChI=1S/C20H30N4O/c1-23-19-5-3-2-4-18(19)22-20(23)15-24-11-8-16(9-12-24)6-7-17-14-21-10-13-25-17/h2-5,16-17,21H,6-15H2,1H3. The van der Waals surface area contributed by atoms with E-state index in [1.807, 2.05) is 0 Å². The fourth-order valence-electron chi connectivity index (χ4n) is 4.20. The molecular formula is C20H30N4O. The van der Waals surface area contributed by atoms with Gasteiger partial charge in [-0.3, -0.25) is 4.90 Å². The van der Waals surface area contributed by atoms with Gasteiger partial charge < -0.3 is 14.6 Å². The van der Waals surface area contributed by atoms with Crippen molar-refractivity contribution in [3.05, 3.63) is 30.1 Å². The molecule has 0 amide bonds. The summed E-state index contributed by atoms with van der Waals surface area (Å²) in [6.45, 7) is 6.27. The summed E-state index contributed by atoms with van der Waals surface area (Å²) in [4.78, 5) is 7.39. The predicted molar refractivity (Wildman–Crippen MR) is 101 cm³/mol. The van der Waals surface area contributed by atoms with E-state index in [2.05, 4.69) is 46.1 Å². The van der Waals surface area contributed by atoms with Crippen molar-refractivity contribution in [2.45, 2.75) is 38.3 Å². The molecule has 1 unspecified atom stereocenters. The molecule has 0 spiro atoms. The lowest BCUT2D eigenvalue weighted by atomic mass is 9.91. The van der Waals surface area contributed by atoms with Crippen molar-refractivity contribution < 1.29 is 4.74 Å². The van der Waals surface area contributed by atoms with E-state index in [-0.39, 0.29) is 0 Å². The minimum absolute atomic E-state index is 0.437. The zero-order valence-corrected chi connectivity index (χ0v) is 15.3. The molecule has 136 valence electrons. The third-order valence-corrected chi connectivity index (χ3v) is 5.85. The van der Waals surface area contributed by atoms with Gasteiger partial charge in [-0.2, -0.15) is 0 Å². The zero-order chi connectivity index (χ0) is 17.1. The van der Waals surface area contributed by atoms with Crippen LogP contribution in [-0.2, 0) is 18.3 Å². The molecule has 1 atom stereocenters. The molecule has 2 fully saturated rings. The van der Waals surface area contributed by atoms with Crippen LogP contribution in [0.1, 0.15) is 31.5 Å². The molecule has 1 aromatic carbocycles. The van der Waals surface area contributed by atoms with Crippen molar-refractivity contribution in [3.63, 3.8) is 0 Å². The third-order valence-electron chi connectivity index (χ3n) is 5.85. The number of aryl methyl sites for hydroxylation is 1. The second kappa shape index (κ2) is 7.85. The summed E-state index contributed by atoms with van der Waals surface area (Å²) in [6.07, 6.45) is 5.58. The Hall–Kier alpha value is -1.43. The number of piperidine rings is 1. The van der Waals surface area contributed by atoms with E-state index < -0.39 is 0 Å². The molecule has 5 heteroatoms. The van der Waals surface area contributed by atoms with Crippen molar-refractivity contribution in [3.8, 4) is 0 Å².